The van der Waals surface area contributed by atoms with Crippen LogP contribution >= 0.6 is 11.6 Å². The molecule has 0 saturated heterocycles. The van der Waals surface area contributed by atoms with Gasteiger partial charge >= 0.3 is 0 Å². The van der Waals surface area contributed by atoms with Gasteiger partial charge in [-0.05, 0) is 43.4 Å². The fourth-order valence-electron chi connectivity index (χ4n) is 2.30. The molecule has 17 heavy (non-hydrogen) atoms. The molecule has 1 aromatic rings. The molecule has 0 radical (unpaired) electrons. The van der Waals surface area contributed by atoms with Crippen molar-refractivity contribution in [1.82, 2.24) is 5.32 Å². The van der Waals surface area contributed by atoms with E-state index < -0.39 is 0 Å². The topological polar surface area (TPSA) is 21.3 Å². The summed E-state index contributed by atoms with van der Waals surface area (Å²) in [7, 11) is 0. The molecule has 0 aromatic heterocycles. The van der Waals surface area contributed by atoms with E-state index in [1.165, 1.54) is 18.4 Å². The van der Waals surface area contributed by atoms with Gasteiger partial charge in [0, 0.05) is 24.2 Å². The molecule has 0 spiro atoms. The van der Waals surface area contributed by atoms with Gasteiger partial charge in [-0.1, -0.05) is 23.7 Å². The summed E-state index contributed by atoms with van der Waals surface area (Å²) in [5, 5.41) is 4.35. The van der Waals surface area contributed by atoms with Gasteiger partial charge in [0.15, 0.2) is 0 Å². The molecule has 1 aliphatic carbocycles. The number of benzene rings is 1. The third-order valence-corrected chi connectivity index (χ3v) is 3.58. The van der Waals surface area contributed by atoms with Crippen LogP contribution in [0.2, 0.25) is 5.02 Å². The van der Waals surface area contributed by atoms with Gasteiger partial charge in [-0.3, -0.25) is 0 Å². The lowest BCUT2D eigenvalue weighted by atomic mass is 9.76. The zero-order chi connectivity index (χ0) is 12.1. The van der Waals surface area contributed by atoms with Crippen molar-refractivity contribution >= 4 is 11.6 Å². The van der Waals surface area contributed by atoms with Crippen LogP contribution in [0.1, 0.15) is 31.2 Å². The third kappa shape index (κ3) is 3.70. The molecule has 1 N–H and O–H groups in total. The lowest BCUT2D eigenvalue weighted by Gasteiger charge is -2.36. The minimum Gasteiger partial charge on any atom is -0.380 e. The molecule has 3 heteroatoms. The van der Waals surface area contributed by atoms with Crippen LogP contribution < -0.4 is 5.32 Å². The first kappa shape index (κ1) is 12.9. The third-order valence-electron chi connectivity index (χ3n) is 3.34. The summed E-state index contributed by atoms with van der Waals surface area (Å²) in [5.74, 6) is 0.679. The van der Waals surface area contributed by atoms with E-state index in [2.05, 4.69) is 17.4 Å². The number of halogens is 1. The van der Waals surface area contributed by atoms with Crippen LogP contribution in [-0.2, 0) is 4.74 Å². The molecule has 0 atom stereocenters. The quantitative estimate of drug-likeness (QED) is 0.786. The monoisotopic (exact) mass is 253 g/mol. The summed E-state index contributed by atoms with van der Waals surface area (Å²) >= 11 is 5.99. The summed E-state index contributed by atoms with van der Waals surface area (Å²) in [6, 6.07) is 8.88. The molecule has 0 bridgehead atoms. The van der Waals surface area contributed by atoms with Crippen LogP contribution in [-0.4, -0.2) is 25.8 Å². The highest BCUT2D eigenvalue weighted by molar-refractivity contribution is 6.30. The summed E-state index contributed by atoms with van der Waals surface area (Å²) < 4.78 is 5.30. The molecule has 0 amide bonds. The molecular formula is C14H20ClNO. The zero-order valence-corrected chi connectivity index (χ0v) is 11.0. The lowest BCUT2D eigenvalue weighted by Crippen LogP contribution is -2.41. The summed E-state index contributed by atoms with van der Waals surface area (Å²) in [6.07, 6.45) is 2.43. The maximum atomic E-state index is 5.99. The van der Waals surface area contributed by atoms with E-state index in [0.29, 0.717) is 12.0 Å². The number of ether oxygens (including phenoxy) is 1. The first-order valence-electron chi connectivity index (χ1n) is 6.36. The van der Waals surface area contributed by atoms with E-state index in [4.69, 9.17) is 16.3 Å². The summed E-state index contributed by atoms with van der Waals surface area (Å²) in [6.45, 7) is 4.60. The van der Waals surface area contributed by atoms with Gasteiger partial charge in [-0.15, -0.1) is 0 Å². The Bertz CT molecular complexity index is 350. The Labute approximate surface area is 108 Å². The Morgan fingerprint density at radius 2 is 2.24 bits per heavy atom. The van der Waals surface area contributed by atoms with Crippen molar-refractivity contribution in [1.29, 1.82) is 0 Å². The van der Waals surface area contributed by atoms with Crippen molar-refractivity contribution in [2.24, 2.45) is 0 Å². The molecule has 0 heterocycles. The number of hydrogen-bond donors (Lipinski definition) is 1. The average molecular weight is 254 g/mol. The maximum absolute atomic E-state index is 5.99. The zero-order valence-electron chi connectivity index (χ0n) is 10.3. The normalized spacial score (nSPS) is 23.4. The standard InChI is InChI=1S/C14H20ClNO/c1-2-17-7-6-16-14-9-12(10-14)11-4-3-5-13(15)8-11/h3-5,8,12,14,16H,2,6-7,9-10H2,1H3. The Morgan fingerprint density at radius 1 is 1.41 bits per heavy atom. The highest BCUT2D eigenvalue weighted by Crippen LogP contribution is 2.37. The van der Waals surface area contributed by atoms with E-state index >= 15 is 0 Å². The second-order valence-electron chi connectivity index (χ2n) is 4.57. The van der Waals surface area contributed by atoms with Crippen molar-refractivity contribution in [3.8, 4) is 0 Å². The average Bonchev–Trinajstić information content (AvgIpc) is 2.26. The van der Waals surface area contributed by atoms with E-state index in [0.717, 1.165) is 24.8 Å². The van der Waals surface area contributed by atoms with Crippen molar-refractivity contribution in [3.05, 3.63) is 34.9 Å². The van der Waals surface area contributed by atoms with E-state index in [-0.39, 0.29) is 0 Å². The van der Waals surface area contributed by atoms with Crippen LogP contribution in [0.3, 0.4) is 0 Å². The van der Waals surface area contributed by atoms with Gasteiger partial charge in [0.05, 0.1) is 6.61 Å². The first-order chi connectivity index (χ1) is 8.29. The maximum Gasteiger partial charge on any atom is 0.0590 e. The minimum atomic E-state index is 0.652. The Balaban J connectivity index is 1.68. The predicted molar refractivity (Wildman–Crippen MR) is 71.7 cm³/mol. The molecule has 94 valence electrons. The fraction of sp³-hybridized carbons (Fsp3) is 0.571. The molecule has 1 aromatic carbocycles. The van der Waals surface area contributed by atoms with Gasteiger partial charge in [0.25, 0.3) is 0 Å². The number of rotatable bonds is 6. The second-order valence-corrected chi connectivity index (χ2v) is 5.01. The largest absolute Gasteiger partial charge is 0.380 e. The lowest BCUT2D eigenvalue weighted by molar-refractivity contribution is 0.141. The molecule has 0 aliphatic heterocycles. The van der Waals surface area contributed by atoms with E-state index in [9.17, 15) is 0 Å². The predicted octanol–water partition coefficient (Wildman–Crippen LogP) is 3.21. The summed E-state index contributed by atoms with van der Waals surface area (Å²) in [4.78, 5) is 0. The fourth-order valence-corrected chi connectivity index (χ4v) is 2.50. The molecule has 2 nitrogen and oxygen atoms in total. The van der Waals surface area contributed by atoms with Gasteiger partial charge in [0.2, 0.25) is 0 Å². The molecule has 2 rings (SSSR count). The molecular weight excluding hydrogens is 234 g/mol. The van der Waals surface area contributed by atoms with Crippen molar-refractivity contribution in [3.63, 3.8) is 0 Å². The number of hydrogen-bond acceptors (Lipinski definition) is 2. The van der Waals surface area contributed by atoms with Gasteiger partial charge in [-0.25, -0.2) is 0 Å². The van der Waals surface area contributed by atoms with E-state index in [1.54, 1.807) is 0 Å². The van der Waals surface area contributed by atoms with Crippen LogP contribution in [0.15, 0.2) is 24.3 Å². The minimum absolute atomic E-state index is 0.652. The van der Waals surface area contributed by atoms with Gasteiger partial charge in [-0.2, -0.15) is 0 Å². The van der Waals surface area contributed by atoms with Crippen molar-refractivity contribution in [2.75, 3.05) is 19.8 Å². The van der Waals surface area contributed by atoms with Gasteiger partial charge < -0.3 is 10.1 Å². The van der Waals surface area contributed by atoms with Crippen molar-refractivity contribution in [2.45, 2.75) is 31.7 Å². The van der Waals surface area contributed by atoms with Crippen LogP contribution in [0, 0.1) is 0 Å². The van der Waals surface area contributed by atoms with Crippen LogP contribution in [0.25, 0.3) is 0 Å². The highest BCUT2D eigenvalue weighted by Gasteiger charge is 2.29. The van der Waals surface area contributed by atoms with Crippen molar-refractivity contribution < 1.29 is 4.74 Å². The summed E-state index contributed by atoms with van der Waals surface area (Å²) in [5.41, 5.74) is 1.38. The Morgan fingerprint density at radius 3 is 2.94 bits per heavy atom. The second kappa shape index (κ2) is 6.39. The number of nitrogens with one attached hydrogen (secondary N) is 1. The smallest absolute Gasteiger partial charge is 0.0590 e. The SMILES string of the molecule is CCOCCNC1CC(c2cccc(Cl)c2)C1. The van der Waals surface area contributed by atoms with Crippen LogP contribution in [0.4, 0.5) is 0 Å². The van der Waals surface area contributed by atoms with E-state index in [1.807, 2.05) is 19.1 Å². The molecule has 1 fully saturated rings. The first-order valence-corrected chi connectivity index (χ1v) is 6.74. The Hall–Kier alpha value is -0.570. The van der Waals surface area contributed by atoms with Gasteiger partial charge in [0.1, 0.15) is 0 Å². The van der Waals surface area contributed by atoms with Crippen LogP contribution in [0.5, 0.6) is 0 Å². The molecule has 1 saturated carbocycles. The molecule has 0 unspecified atom stereocenters. The molecule has 1 aliphatic rings. The Kier molecular flexibility index (Phi) is 4.84. The highest BCUT2D eigenvalue weighted by atomic mass is 35.5.